The van der Waals surface area contributed by atoms with E-state index in [0.717, 1.165) is 73.0 Å². The van der Waals surface area contributed by atoms with Gasteiger partial charge in [-0.2, -0.15) is 0 Å². The standard InChI is InChI=1S/C21H25N5OS/c1-16-22-19(17-6-4-3-5-7-17)12-20(23-16)25(2)13-18-15-28-21(24-18)14-26-8-10-27-11-9-26/h3-7,12,15H,8-11,13-14H2,1-2H3. The zero-order valence-electron chi connectivity index (χ0n) is 16.3. The molecular weight excluding hydrogens is 370 g/mol. The zero-order valence-corrected chi connectivity index (χ0v) is 17.2. The number of morpholine rings is 1. The maximum atomic E-state index is 5.42. The van der Waals surface area contributed by atoms with Crippen molar-refractivity contribution in [1.82, 2.24) is 19.9 Å². The molecule has 6 nitrogen and oxygen atoms in total. The molecule has 0 radical (unpaired) electrons. The predicted molar refractivity (Wildman–Crippen MR) is 113 cm³/mol. The van der Waals surface area contributed by atoms with E-state index in [1.54, 1.807) is 11.3 Å². The topological polar surface area (TPSA) is 54.4 Å². The monoisotopic (exact) mass is 395 g/mol. The Balaban J connectivity index is 1.45. The maximum absolute atomic E-state index is 5.42. The first-order valence-corrected chi connectivity index (χ1v) is 10.4. The van der Waals surface area contributed by atoms with Gasteiger partial charge in [0.1, 0.15) is 16.6 Å². The van der Waals surface area contributed by atoms with Crippen LogP contribution in [0, 0.1) is 6.92 Å². The summed E-state index contributed by atoms with van der Waals surface area (Å²) in [6, 6.07) is 12.3. The molecule has 3 aromatic rings. The minimum atomic E-state index is 0.726. The molecule has 0 amide bonds. The van der Waals surface area contributed by atoms with Crippen LogP contribution in [0.1, 0.15) is 16.5 Å². The fraction of sp³-hybridized carbons (Fsp3) is 0.381. The summed E-state index contributed by atoms with van der Waals surface area (Å²) >= 11 is 1.73. The van der Waals surface area contributed by atoms with Crippen molar-refractivity contribution >= 4 is 17.2 Å². The van der Waals surface area contributed by atoms with Gasteiger partial charge in [-0.3, -0.25) is 4.90 Å². The number of ether oxygens (including phenoxy) is 1. The van der Waals surface area contributed by atoms with Crippen LogP contribution in [0.25, 0.3) is 11.3 Å². The average molecular weight is 396 g/mol. The van der Waals surface area contributed by atoms with Gasteiger partial charge in [-0.05, 0) is 6.92 Å². The largest absolute Gasteiger partial charge is 0.379 e. The molecule has 1 aromatic carbocycles. The second-order valence-corrected chi connectivity index (χ2v) is 7.94. The molecule has 3 heterocycles. The number of hydrogen-bond donors (Lipinski definition) is 0. The van der Waals surface area contributed by atoms with E-state index in [0.29, 0.717) is 0 Å². The Morgan fingerprint density at radius 2 is 1.89 bits per heavy atom. The van der Waals surface area contributed by atoms with E-state index < -0.39 is 0 Å². The van der Waals surface area contributed by atoms with Crippen LogP contribution in [0.15, 0.2) is 41.8 Å². The average Bonchev–Trinajstić information content (AvgIpc) is 3.15. The Labute approximate surface area is 169 Å². The van der Waals surface area contributed by atoms with Crippen molar-refractivity contribution in [2.24, 2.45) is 0 Å². The summed E-state index contributed by atoms with van der Waals surface area (Å²) in [4.78, 5) is 18.6. The SMILES string of the molecule is Cc1nc(-c2ccccc2)cc(N(C)Cc2csc(CN3CCOCC3)n2)n1. The lowest BCUT2D eigenvalue weighted by atomic mass is 10.1. The highest BCUT2D eigenvalue weighted by Crippen LogP contribution is 2.23. The van der Waals surface area contributed by atoms with E-state index in [1.165, 1.54) is 0 Å². The number of aromatic nitrogens is 3. The van der Waals surface area contributed by atoms with Gasteiger partial charge in [0.2, 0.25) is 0 Å². The van der Waals surface area contributed by atoms with Gasteiger partial charge in [-0.1, -0.05) is 30.3 Å². The van der Waals surface area contributed by atoms with E-state index in [9.17, 15) is 0 Å². The summed E-state index contributed by atoms with van der Waals surface area (Å²) in [6.45, 7) is 7.17. The number of thiazole rings is 1. The number of rotatable bonds is 6. The minimum absolute atomic E-state index is 0.726. The van der Waals surface area contributed by atoms with Gasteiger partial charge in [0.05, 0.1) is 37.7 Å². The molecule has 146 valence electrons. The van der Waals surface area contributed by atoms with Crippen molar-refractivity contribution in [2.45, 2.75) is 20.0 Å². The predicted octanol–water partition coefficient (Wildman–Crippen LogP) is 3.38. The number of benzene rings is 1. The molecule has 1 aliphatic heterocycles. The van der Waals surface area contributed by atoms with Crippen molar-refractivity contribution in [1.29, 1.82) is 0 Å². The van der Waals surface area contributed by atoms with Crippen LogP contribution in [0.2, 0.25) is 0 Å². The molecule has 0 bridgehead atoms. The molecule has 2 aromatic heterocycles. The van der Waals surface area contributed by atoms with Gasteiger partial charge in [-0.15, -0.1) is 11.3 Å². The summed E-state index contributed by atoms with van der Waals surface area (Å²) < 4.78 is 5.42. The molecule has 1 saturated heterocycles. The molecule has 28 heavy (non-hydrogen) atoms. The number of nitrogens with zero attached hydrogens (tertiary/aromatic N) is 5. The highest BCUT2D eigenvalue weighted by Gasteiger charge is 2.14. The first-order valence-electron chi connectivity index (χ1n) is 9.53. The minimum Gasteiger partial charge on any atom is -0.379 e. The number of hydrogen-bond acceptors (Lipinski definition) is 7. The van der Waals surface area contributed by atoms with Gasteiger partial charge in [0, 0.05) is 37.1 Å². The third-order valence-corrected chi connectivity index (χ3v) is 5.63. The van der Waals surface area contributed by atoms with Gasteiger partial charge in [-0.25, -0.2) is 15.0 Å². The third kappa shape index (κ3) is 4.73. The highest BCUT2D eigenvalue weighted by atomic mass is 32.1. The molecule has 0 unspecified atom stereocenters. The van der Waals surface area contributed by atoms with Gasteiger partial charge < -0.3 is 9.64 Å². The Bertz CT molecular complexity index is 908. The van der Waals surface area contributed by atoms with E-state index in [2.05, 4.69) is 44.3 Å². The van der Waals surface area contributed by atoms with Crippen LogP contribution in [0.3, 0.4) is 0 Å². The Morgan fingerprint density at radius 3 is 2.68 bits per heavy atom. The summed E-state index contributed by atoms with van der Waals surface area (Å²) in [7, 11) is 2.05. The molecular formula is C21H25N5OS. The quantitative estimate of drug-likeness (QED) is 0.638. The second-order valence-electron chi connectivity index (χ2n) is 7.00. The molecule has 0 spiro atoms. The molecule has 0 saturated carbocycles. The third-order valence-electron chi connectivity index (χ3n) is 4.75. The number of anilines is 1. The van der Waals surface area contributed by atoms with E-state index >= 15 is 0 Å². The van der Waals surface area contributed by atoms with Crippen molar-refractivity contribution in [3.63, 3.8) is 0 Å². The Morgan fingerprint density at radius 1 is 1.11 bits per heavy atom. The van der Waals surface area contributed by atoms with Crippen molar-refractivity contribution in [3.8, 4) is 11.3 Å². The van der Waals surface area contributed by atoms with Crippen LogP contribution in [-0.2, 0) is 17.8 Å². The lowest BCUT2D eigenvalue weighted by molar-refractivity contribution is 0.0341. The van der Waals surface area contributed by atoms with Crippen molar-refractivity contribution in [3.05, 3.63) is 58.3 Å². The summed E-state index contributed by atoms with van der Waals surface area (Å²) in [5.74, 6) is 1.68. The first kappa shape index (κ1) is 19.0. The van der Waals surface area contributed by atoms with Crippen molar-refractivity contribution in [2.75, 3.05) is 38.3 Å². The molecule has 4 rings (SSSR count). The Kier molecular flexibility index (Phi) is 5.95. The van der Waals surface area contributed by atoms with Crippen LogP contribution in [-0.4, -0.2) is 53.2 Å². The highest BCUT2D eigenvalue weighted by molar-refractivity contribution is 7.09. The fourth-order valence-electron chi connectivity index (χ4n) is 3.27. The number of aryl methyl sites for hydroxylation is 1. The fourth-order valence-corrected chi connectivity index (χ4v) is 4.10. The van der Waals surface area contributed by atoms with E-state index in [1.807, 2.05) is 31.2 Å². The first-order chi connectivity index (χ1) is 13.7. The van der Waals surface area contributed by atoms with Crippen molar-refractivity contribution < 1.29 is 4.74 Å². The maximum Gasteiger partial charge on any atom is 0.132 e. The summed E-state index contributed by atoms with van der Waals surface area (Å²) in [6.07, 6.45) is 0. The molecule has 1 aliphatic rings. The lowest BCUT2D eigenvalue weighted by Gasteiger charge is -2.25. The molecule has 0 N–H and O–H groups in total. The van der Waals surface area contributed by atoms with Crippen LogP contribution >= 0.6 is 11.3 Å². The van der Waals surface area contributed by atoms with Gasteiger partial charge in [0.15, 0.2) is 0 Å². The molecule has 0 aliphatic carbocycles. The van der Waals surface area contributed by atoms with Gasteiger partial charge >= 0.3 is 0 Å². The lowest BCUT2D eigenvalue weighted by Crippen LogP contribution is -2.35. The second kappa shape index (κ2) is 8.77. The smallest absolute Gasteiger partial charge is 0.132 e. The molecule has 1 fully saturated rings. The Hall–Kier alpha value is -2.35. The molecule has 0 atom stereocenters. The van der Waals surface area contributed by atoms with Gasteiger partial charge in [0.25, 0.3) is 0 Å². The summed E-state index contributed by atoms with van der Waals surface area (Å²) in [5.41, 5.74) is 3.12. The normalized spacial score (nSPS) is 14.9. The molecule has 7 heteroatoms. The van der Waals surface area contributed by atoms with E-state index in [4.69, 9.17) is 9.72 Å². The summed E-state index contributed by atoms with van der Waals surface area (Å²) in [5, 5.41) is 3.31. The zero-order chi connectivity index (χ0) is 19.3. The van der Waals surface area contributed by atoms with Crippen LogP contribution in [0.4, 0.5) is 5.82 Å². The van der Waals surface area contributed by atoms with Crippen LogP contribution in [0.5, 0.6) is 0 Å². The van der Waals surface area contributed by atoms with E-state index in [-0.39, 0.29) is 0 Å². The van der Waals surface area contributed by atoms with Crippen LogP contribution < -0.4 is 4.90 Å².